The molecule has 0 atom stereocenters. The van der Waals surface area contributed by atoms with Crippen molar-refractivity contribution in [3.8, 4) is 0 Å². The van der Waals surface area contributed by atoms with Crippen molar-refractivity contribution in [3.05, 3.63) is 22.4 Å². The summed E-state index contributed by atoms with van der Waals surface area (Å²) in [5.74, 6) is 0.168. The Balaban J connectivity index is 1.58. The maximum atomic E-state index is 11.6. The SMILES string of the molecule is NCC1(CNC(=O)CCCc2cccs2)CC1. The Labute approximate surface area is 106 Å². The average Bonchev–Trinajstić information content (AvgIpc) is 2.95. The maximum absolute atomic E-state index is 11.6. The second-order valence-corrected chi connectivity index (χ2v) is 5.95. The van der Waals surface area contributed by atoms with Crippen LogP contribution in [0.1, 0.15) is 30.6 Å². The van der Waals surface area contributed by atoms with Gasteiger partial charge >= 0.3 is 0 Å². The van der Waals surface area contributed by atoms with Gasteiger partial charge in [0.1, 0.15) is 0 Å². The normalized spacial score (nSPS) is 16.8. The van der Waals surface area contributed by atoms with Crippen molar-refractivity contribution in [2.75, 3.05) is 13.1 Å². The molecule has 1 fully saturated rings. The fourth-order valence-electron chi connectivity index (χ4n) is 1.88. The summed E-state index contributed by atoms with van der Waals surface area (Å²) in [5, 5.41) is 5.08. The van der Waals surface area contributed by atoms with E-state index in [0.29, 0.717) is 13.0 Å². The fourth-order valence-corrected chi connectivity index (χ4v) is 2.63. The van der Waals surface area contributed by atoms with E-state index in [1.807, 2.05) is 0 Å². The quantitative estimate of drug-likeness (QED) is 0.779. The van der Waals surface area contributed by atoms with E-state index in [1.54, 1.807) is 11.3 Å². The number of nitrogens with one attached hydrogen (secondary N) is 1. The van der Waals surface area contributed by atoms with E-state index in [0.717, 1.165) is 19.4 Å². The van der Waals surface area contributed by atoms with Gasteiger partial charge in [-0.1, -0.05) is 6.07 Å². The molecule has 1 saturated carbocycles. The molecule has 0 aliphatic heterocycles. The van der Waals surface area contributed by atoms with Crippen LogP contribution >= 0.6 is 11.3 Å². The first-order valence-electron chi connectivity index (χ1n) is 6.23. The smallest absolute Gasteiger partial charge is 0.220 e. The number of carbonyl (C=O) groups excluding carboxylic acids is 1. The molecule has 0 saturated heterocycles. The van der Waals surface area contributed by atoms with Gasteiger partial charge in [-0.05, 0) is 49.1 Å². The number of nitrogens with two attached hydrogens (primary N) is 1. The van der Waals surface area contributed by atoms with Gasteiger partial charge in [0.05, 0.1) is 0 Å². The first kappa shape index (κ1) is 12.6. The summed E-state index contributed by atoms with van der Waals surface area (Å²) in [6.45, 7) is 1.46. The van der Waals surface area contributed by atoms with Crippen LogP contribution in [0.5, 0.6) is 0 Å². The number of thiophene rings is 1. The molecule has 4 heteroatoms. The molecule has 0 bridgehead atoms. The van der Waals surface area contributed by atoms with Gasteiger partial charge in [0, 0.05) is 17.8 Å². The summed E-state index contributed by atoms with van der Waals surface area (Å²) in [7, 11) is 0. The Morgan fingerprint density at radius 1 is 1.53 bits per heavy atom. The van der Waals surface area contributed by atoms with Crippen LogP contribution < -0.4 is 11.1 Å². The highest BCUT2D eigenvalue weighted by molar-refractivity contribution is 7.09. The minimum absolute atomic E-state index is 0.168. The van der Waals surface area contributed by atoms with Crippen molar-refractivity contribution in [1.29, 1.82) is 0 Å². The highest BCUT2D eigenvalue weighted by atomic mass is 32.1. The zero-order valence-electron chi connectivity index (χ0n) is 10.1. The Bertz CT molecular complexity index is 358. The molecule has 0 aromatic carbocycles. The topological polar surface area (TPSA) is 55.1 Å². The first-order valence-corrected chi connectivity index (χ1v) is 7.11. The number of aryl methyl sites for hydroxylation is 1. The minimum Gasteiger partial charge on any atom is -0.355 e. The van der Waals surface area contributed by atoms with E-state index in [-0.39, 0.29) is 11.3 Å². The standard InChI is InChI=1S/C13H20N2OS/c14-9-13(6-7-13)10-15-12(16)5-1-3-11-4-2-8-17-11/h2,4,8H,1,3,5-7,9-10,14H2,(H,15,16). The third kappa shape index (κ3) is 3.82. The highest BCUT2D eigenvalue weighted by Gasteiger charge is 2.41. The van der Waals surface area contributed by atoms with Crippen molar-refractivity contribution in [2.24, 2.45) is 11.1 Å². The monoisotopic (exact) mass is 252 g/mol. The molecule has 0 radical (unpaired) electrons. The third-order valence-electron chi connectivity index (χ3n) is 3.46. The summed E-state index contributed by atoms with van der Waals surface area (Å²) in [6.07, 6.45) is 4.89. The van der Waals surface area contributed by atoms with Crippen molar-refractivity contribution in [1.82, 2.24) is 5.32 Å². The van der Waals surface area contributed by atoms with E-state index in [1.165, 1.54) is 17.7 Å². The maximum Gasteiger partial charge on any atom is 0.220 e. The molecule has 1 amide bonds. The molecule has 2 rings (SSSR count). The Hall–Kier alpha value is -0.870. The second kappa shape index (κ2) is 5.65. The second-order valence-electron chi connectivity index (χ2n) is 4.91. The van der Waals surface area contributed by atoms with Crippen LogP contribution in [0, 0.1) is 5.41 Å². The summed E-state index contributed by atoms with van der Waals surface area (Å²) in [5.41, 5.74) is 5.91. The van der Waals surface area contributed by atoms with Crippen molar-refractivity contribution < 1.29 is 4.79 Å². The molecule has 17 heavy (non-hydrogen) atoms. The van der Waals surface area contributed by atoms with Gasteiger partial charge in [-0.25, -0.2) is 0 Å². The lowest BCUT2D eigenvalue weighted by atomic mass is 10.1. The molecule has 94 valence electrons. The van der Waals surface area contributed by atoms with Crippen LogP contribution in [0.3, 0.4) is 0 Å². The molecule has 3 nitrogen and oxygen atoms in total. The number of rotatable bonds is 7. The van der Waals surface area contributed by atoms with E-state index < -0.39 is 0 Å². The molecular weight excluding hydrogens is 232 g/mol. The van der Waals surface area contributed by atoms with Crippen molar-refractivity contribution in [3.63, 3.8) is 0 Å². The fraction of sp³-hybridized carbons (Fsp3) is 0.615. The summed E-state index contributed by atoms with van der Waals surface area (Å²) in [6, 6.07) is 4.17. The molecular formula is C13H20N2OS. The molecule has 1 heterocycles. The van der Waals surface area contributed by atoms with Gasteiger partial charge in [-0.2, -0.15) is 0 Å². The van der Waals surface area contributed by atoms with Crippen LogP contribution in [0.2, 0.25) is 0 Å². The molecule has 1 aliphatic rings. The third-order valence-corrected chi connectivity index (χ3v) is 4.39. The Morgan fingerprint density at radius 3 is 2.94 bits per heavy atom. The van der Waals surface area contributed by atoms with Crippen molar-refractivity contribution >= 4 is 17.2 Å². The van der Waals surface area contributed by atoms with Gasteiger partial charge in [-0.15, -0.1) is 11.3 Å². The van der Waals surface area contributed by atoms with Gasteiger partial charge in [0.15, 0.2) is 0 Å². The molecule has 3 N–H and O–H groups in total. The van der Waals surface area contributed by atoms with Gasteiger partial charge < -0.3 is 11.1 Å². The van der Waals surface area contributed by atoms with Gasteiger partial charge in [0.2, 0.25) is 5.91 Å². The van der Waals surface area contributed by atoms with E-state index in [2.05, 4.69) is 22.8 Å². The average molecular weight is 252 g/mol. The Morgan fingerprint density at radius 2 is 2.35 bits per heavy atom. The number of hydrogen-bond acceptors (Lipinski definition) is 3. The first-order chi connectivity index (χ1) is 8.24. The van der Waals surface area contributed by atoms with Crippen LogP contribution in [0.4, 0.5) is 0 Å². The lowest BCUT2D eigenvalue weighted by Crippen LogP contribution is -2.33. The highest BCUT2D eigenvalue weighted by Crippen LogP contribution is 2.43. The predicted octanol–water partition coefficient (Wildman–Crippen LogP) is 1.93. The zero-order chi connectivity index (χ0) is 12.1. The molecule has 1 aromatic heterocycles. The number of carbonyl (C=O) groups is 1. The molecule has 0 unspecified atom stereocenters. The lowest BCUT2D eigenvalue weighted by molar-refractivity contribution is -0.121. The molecule has 1 aromatic rings. The van der Waals surface area contributed by atoms with Gasteiger partial charge in [0.25, 0.3) is 0 Å². The lowest BCUT2D eigenvalue weighted by Gasteiger charge is -2.13. The van der Waals surface area contributed by atoms with E-state index in [4.69, 9.17) is 5.73 Å². The van der Waals surface area contributed by atoms with Gasteiger partial charge in [-0.3, -0.25) is 4.79 Å². The summed E-state index contributed by atoms with van der Waals surface area (Å²) < 4.78 is 0. The van der Waals surface area contributed by atoms with Crippen LogP contribution in [0.25, 0.3) is 0 Å². The largest absolute Gasteiger partial charge is 0.355 e. The van der Waals surface area contributed by atoms with Crippen LogP contribution in [-0.4, -0.2) is 19.0 Å². The van der Waals surface area contributed by atoms with E-state index in [9.17, 15) is 4.79 Å². The van der Waals surface area contributed by atoms with Crippen LogP contribution in [-0.2, 0) is 11.2 Å². The number of amides is 1. The molecule has 0 spiro atoms. The summed E-state index contributed by atoms with van der Waals surface area (Å²) >= 11 is 1.76. The Kier molecular flexibility index (Phi) is 4.18. The van der Waals surface area contributed by atoms with Crippen molar-refractivity contribution in [2.45, 2.75) is 32.1 Å². The van der Waals surface area contributed by atoms with E-state index >= 15 is 0 Å². The predicted molar refractivity (Wildman–Crippen MR) is 71.0 cm³/mol. The number of hydrogen-bond donors (Lipinski definition) is 2. The summed E-state index contributed by atoms with van der Waals surface area (Å²) in [4.78, 5) is 13.0. The molecule has 1 aliphatic carbocycles. The zero-order valence-corrected chi connectivity index (χ0v) is 10.9. The minimum atomic E-state index is 0.168. The van der Waals surface area contributed by atoms with Crippen LogP contribution in [0.15, 0.2) is 17.5 Å².